The van der Waals surface area contributed by atoms with Gasteiger partial charge in [-0.3, -0.25) is 0 Å². The molecule has 2 aromatic rings. The molecule has 3 nitrogen and oxygen atoms in total. The first-order chi connectivity index (χ1) is 8.81. The van der Waals surface area contributed by atoms with Crippen LogP contribution < -0.4 is 0 Å². The summed E-state index contributed by atoms with van der Waals surface area (Å²) < 4.78 is 14.3. The molecule has 0 bridgehead atoms. The predicted octanol–water partition coefficient (Wildman–Crippen LogP) is 3.61. The molecule has 0 aliphatic heterocycles. The standard InChI is InChI=1S/C14H12O3S/c15-14(12-8-4-5-9-13(12)18-16)17-10-11-6-2-1-3-7-11/h1-9,16H,10H2. The van der Waals surface area contributed by atoms with Gasteiger partial charge in [0.15, 0.2) is 0 Å². The second-order valence-corrected chi connectivity index (χ2v) is 4.27. The quantitative estimate of drug-likeness (QED) is 0.674. The molecule has 0 heterocycles. The van der Waals surface area contributed by atoms with Crippen LogP contribution in [0.3, 0.4) is 0 Å². The molecule has 4 heteroatoms. The van der Waals surface area contributed by atoms with Crippen molar-refractivity contribution in [1.82, 2.24) is 0 Å². The van der Waals surface area contributed by atoms with Crippen LogP contribution in [-0.4, -0.2) is 10.5 Å². The summed E-state index contributed by atoms with van der Waals surface area (Å²) in [5.74, 6) is -0.434. The maximum absolute atomic E-state index is 11.9. The first-order valence-electron chi connectivity index (χ1n) is 5.43. The second kappa shape index (κ2) is 6.23. The van der Waals surface area contributed by atoms with Crippen molar-refractivity contribution in [2.24, 2.45) is 0 Å². The minimum Gasteiger partial charge on any atom is -0.457 e. The Morgan fingerprint density at radius 1 is 1.06 bits per heavy atom. The minimum absolute atomic E-state index is 0.226. The Morgan fingerprint density at radius 2 is 1.72 bits per heavy atom. The number of carbonyl (C=O) groups excluding carboxylic acids is 1. The van der Waals surface area contributed by atoms with Crippen LogP contribution >= 0.6 is 12.0 Å². The topological polar surface area (TPSA) is 46.5 Å². The Balaban J connectivity index is 2.04. The molecule has 0 radical (unpaired) electrons. The van der Waals surface area contributed by atoms with Crippen LogP contribution in [0.15, 0.2) is 59.5 Å². The number of carbonyl (C=O) groups is 1. The van der Waals surface area contributed by atoms with Crippen LogP contribution in [0.4, 0.5) is 0 Å². The molecular weight excluding hydrogens is 248 g/mol. The highest BCUT2D eigenvalue weighted by atomic mass is 32.2. The fourth-order valence-corrected chi connectivity index (χ4v) is 1.90. The molecule has 0 saturated carbocycles. The first kappa shape index (κ1) is 12.7. The van der Waals surface area contributed by atoms with Gasteiger partial charge in [-0.15, -0.1) is 0 Å². The van der Waals surface area contributed by atoms with Gasteiger partial charge in [-0.05, 0) is 17.7 Å². The highest BCUT2D eigenvalue weighted by molar-refractivity contribution is 7.93. The van der Waals surface area contributed by atoms with E-state index in [1.807, 2.05) is 30.3 Å². The third kappa shape index (κ3) is 3.12. The third-order valence-corrected chi connectivity index (χ3v) is 2.97. The Bertz CT molecular complexity index is 526. The molecule has 0 aromatic heterocycles. The Hall–Kier alpha value is -1.78. The molecule has 2 aromatic carbocycles. The largest absolute Gasteiger partial charge is 0.457 e. The van der Waals surface area contributed by atoms with Gasteiger partial charge in [0.05, 0.1) is 5.56 Å². The monoisotopic (exact) mass is 260 g/mol. The molecule has 92 valence electrons. The molecule has 18 heavy (non-hydrogen) atoms. The third-order valence-electron chi connectivity index (χ3n) is 2.42. The van der Waals surface area contributed by atoms with E-state index in [-0.39, 0.29) is 6.61 Å². The fourth-order valence-electron chi connectivity index (χ4n) is 1.52. The van der Waals surface area contributed by atoms with Crippen molar-refractivity contribution >= 4 is 18.0 Å². The molecular formula is C14H12O3S. The zero-order chi connectivity index (χ0) is 12.8. The molecule has 0 atom stereocenters. The minimum atomic E-state index is -0.434. The molecule has 0 aliphatic rings. The number of esters is 1. The van der Waals surface area contributed by atoms with Gasteiger partial charge in [-0.1, -0.05) is 42.5 Å². The van der Waals surface area contributed by atoms with E-state index in [9.17, 15) is 4.79 Å². The van der Waals surface area contributed by atoms with E-state index in [4.69, 9.17) is 9.29 Å². The Morgan fingerprint density at radius 3 is 2.44 bits per heavy atom. The zero-order valence-electron chi connectivity index (χ0n) is 9.58. The van der Waals surface area contributed by atoms with Crippen LogP contribution in [-0.2, 0) is 11.3 Å². The van der Waals surface area contributed by atoms with E-state index in [1.165, 1.54) is 0 Å². The summed E-state index contributed by atoms with van der Waals surface area (Å²) in [7, 11) is 0. The summed E-state index contributed by atoms with van der Waals surface area (Å²) in [5, 5.41) is 0. The van der Waals surface area contributed by atoms with Gasteiger partial charge in [-0.2, -0.15) is 0 Å². The normalized spacial score (nSPS) is 10.1. The number of benzene rings is 2. The van der Waals surface area contributed by atoms with E-state index in [2.05, 4.69) is 0 Å². The van der Waals surface area contributed by atoms with Crippen molar-refractivity contribution < 1.29 is 14.1 Å². The van der Waals surface area contributed by atoms with E-state index in [0.29, 0.717) is 22.5 Å². The average Bonchev–Trinajstić information content (AvgIpc) is 2.45. The van der Waals surface area contributed by atoms with Crippen molar-refractivity contribution in [2.75, 3.05) is 0 Å². The predicted molar refractivity (Wildman–Crippen MR) is 70.5 cm³/mol. The van der Waals surface area contributed by atoms with Crippen LogP contribution in [0.2, 0.25) is 0 Å². The lowest BCUT2D eigenvalue weighted by atomic mass is 10.2. The summed E-state index contributed by atoms with van der Waals surface area (Å²) in [6.07, 6.45) is 0. The maximum atomic E-state index is 11.9. The van der Waals surface area contributed by atoms with Crippen molar-refractivity contribution in [1.29, 1.82) is 0 Å². The summed E-state index contributed by atoms with van der Waals surface area (Å²) in [6, 6.07) is 16.3. The maximum Gasteiger partial charge on any atom is 0.339 e. The van der Waals surface area contributed by atoms with Crippen molar-refractivity contribution in [3.8, 4) is 0 Å². The van der Waals surface area contributed by atoms with Gasteiger partial charge in [0.2, 0.25) is 0 Å². The highest BCUT2D eigenvalue weighted by Gasteiger charge is 2.12. The van der Waals surface area contributed by atoms with Crippen molar-refractivity contribution in [2.45, 2.75) is 11.5 Å². The van der Waals surface area contributed by atoms with E-state index >= 15 is 0 Å². The number of hydrogen-bond donors (Lipinski definition) is 1. The van der Waals surface area contributed by atoms with Gasteiger partial charge in [0.1, 0.15) is 6.61 Å². The van der Waals surface area contributed by atoms with Gasteiger partial charge >= 0.3 is 5.97 Å². The summed E-state index contributed by atoms with van der Waals surface area (Å²) in [6.45, 7) is 0.226. The van der Waals surface area contributed by atoms with Crippen LogP contribution in [0.5, 0.6) is 0 Å². The molecule has 2 rings (SSSR count). The lowest BCUT2D eigenvalue weighted by molar-refractivity contribution is 0.0468. The molecule has 1 N–H and O–H groups in total. The molecule has 0 fully saturated rings. The molecule has 0 aliphatic carbocycles. The first-order valence-corrected chi connectivity index (χ1v) is 6.20. The van der Waals surface area contributed by atoms with E-state index in [1.54, 1.807) is 24.3 Å². The van der Waals surface area contributed by atoms with E-state index in [0.717, 1.165) is 5.56 Å². The fraction of sp³-hybridized carbons (Fsp3) is 0.0714. The van der Waals surface area contributed by atoms with Gasteiger partial charge in [-0.25, -0.2) is 4.79 Å². The van der Waals surface area contributed by atoms with Gasteiger partial charge in [0.25, 0.3) is 0 Å². The summed E-state index contributed by atoms with van der Waals surface area (Å²) in [5.41, 5.74) is 1.31. The smallest absolute Gasteiger partial charge is 0.339 e. The van der Waals surface area contributed by atoms with Crippen LogP contribution in [0.1, 0.15) is 15.9 Å². The number of rotatable bonds is 4. The van der Waals surface area contributed by atoms with Gasteiger partial charge in [0, 0.05) is 16.9 Å². The summed E-state index contributed by atoms with van der Waals surface area (Å²) >= 11 is 0.545. The lowest BCUT2D eigenvalue weighted by Gasteiger charge is -2.07. The van der Waals surface area contributed by atoms with Crippen molar-refractivity contribution in [3.63, 3.8) is 0 Å². The Kier molecular flexibility index (Phi) is 4.39. The molecule has 0 saturated heterocycles. The zero-order valence-corrected chi connectivity index (χ0v) is 10.4. The molecule has 0 unspecified atom stereocenters. The number of ether oxygens (including phenoxy) is 1. The lowest BCUT2D eigenvalue weighted by Crippen LogP contribution is -2.06. The molecule has 0 spiro atoms. The van der Waals surface area contributed by atoms with Gasteiger partial charge < -0.3 is 9.29 Å². The van der Waals surface area contributed by atoms with Crippen LogP contribution in [0, 0.1) is 0 Å². The van der Waals surface area contributed by atoms with Crippen molar-refractivity contribution in [3.05, 3.63) is 65.7 Å². The number of hydrogen-bond acceptors (Lipinski definition) is 4. The summed E-state index contributed by atoms with van der Waals surface area (Å²) in [4.78, 5) is 12.3. The highest BCUT2D eigenvalue weighted by Crippen LogP contribution is 2.20. The average molecular weight is 260 g/mol. The Labute approximate surface area is 110 Å². The molecule has 0 amide bonds. The second-order valence-electron chi connectivity index (χ2n) is 3.65. The van der Waals surface area contributed by atoms with E-state index < -0.39 is 5.97 Å². The van der Waals surface area contributed by atoms with Crippen LogP contribution in [0.25, 0.3) is 0 Å². The SMILES string of the molecule is O=C(OCc1ccccc1)c1ccccc1SO.